The van der Waals surface area contributed by atoms with Crippen molar-refractivity contribution in [1.82, 2.24) is 0 Å². The first kappa shape index (κ1) is 14.2. The molecule has 1 N–H and O–H groups in total. The lowest BCUT2D eigenvalue weighted by Crippen LogP contribution is -2.27. The minimum absolute atomic E-state index is 0.191. The average Bonchev–Trinajstić information content (AvgIpc) is 2.11. The number of hydrogen-bond donors (Lipinski definition) is 1. The molecule has 0 aliphatic rings. The third kappa shape index (κ3) is 5.85. The maximum absolute atomic E-state index is 9.92. The van der Waals surface area contributed by atoms with Crippen molar-refractivity contribution < 1.29 is 9.84 Å². The van der Waals surface area contributed by atoms with Crippen molar-refractivity contribution in [3.63, 3.8) is 0 Å². The molecule has 0 spiro atoms. The van der Waals surface area contributed by atoms with Crippen LogP contribution in [0.25, 0.3) is 0 Å². The monoisotopic (exact) mass is 236 g/mol. The van der Waals surface area contributed by atoms with Gasteiger partial charge < -0.3 is 9.84 Å². The van der Waals surface area contributed by atoms with E-state index in [2.05, 4.69) is 32.0 Å². The number of aryl methyl sites for hydroxylation is 2. The number of rotatable bonds is 4. The van der Waals surface area contributed by atoms with Crippen molar-refractivity contribution in [1.29, 1.82) is 0 Å². The molecule has 0 saturated carbocycles. The van der Waals surface area contributed by atoms with Gasteiger partial charge in [-0.25, -0.2) is 0 Å². The van der Waals surface area contributed by atoms with Crippen LogP contribution in [0.4, 0.5) is 0 Å². The number of hydrogen-bond acceptors (Lipinski definition) is 2. The van der Waals surface area contributed by atoms with Crippen molar-refractivity contribution in [2.75, 3.05) is 6.61 Å². The molecule has 0 saturated heterocycles. The summed E-state index contributed by atoms with van der Waals surface area (Å²) in [5.74, 6) is 0. The lowest BCUT2D eigenvalue weighted by molar-refractivity contribution is -0.0482. The van der Waals surface area contributed by atoms with Gasteiger partial charge in [-0.05, 0) is 40.2 Å². The predicted octanol–water partition coefficient (Wildman–Crippen LogP) is 3.02. The summed E-state index contributed by atoms with van der Waals surface area (Å²) in [6, 6.07) is 6.38. The van der Waals surface area contributed by atoms with Crippen LogP contribution in [-0.2, 0) is 11.2 Å². The molecule has 0 fully saturated rings. The molecule has 0 amide bonds. The molecule has 0 radical (unpaired) electrons. The first-order valence-corrected chi connectivity index (χ1v) is 6.15. The second kappa shape index (κ2) is 5.65. The highest BCUT2D eigenvalue weighted by atomic mass is 16.5. The quantitative estimate of drug-likeness (QED) is 0.870. The summed E-state index contributed by atoms with van der Waals surface area (Å²) in [5.41, 5.74) is 3.46. The van der Waals surface area contributed by atoms with Crippen LogP contribution >= 0.6 is 0 Å². The van der Waals surface area contributed by atoms with E-state index in [4.69, 9.17) is 4.74 Å². The van der Waals surface area contributed by atoms with Crippen LogP contribution in [-0.4, -0.2) is 23.4 Å². The molecular formula is C15H24O2. The van der Waals surface area contributed by atoms with Crippen molar-refractivity contribution in [3.05, 3.63) is 34.9 Å². The van der Waals surface area contributed by atoms with E-state index in [9.17, 15) is 5.11 Å². The zero-order valence-electron chi connectivity index (χ0n) is 11.6. The van der Waals surface area contributed by atoms with E-state index in [1.165, 1.54) is 16.7 Å². The highest BCUT2D eigenvalue weighted by Crippen LogP contribution is 2.13. The van der Waals surface area contributed by atoms with Crippen molar-refractivity contribution in [2.45, 2.75) is 52.7 Å². The van der Waals surface area contributed by atoms with E-state index in [-0.39, 0.29) is 5.60 Å². The largest absolute Gasteiger partial charge is 0.390 e. The normalized spacial score (nSPS) is 13.8. The Morgan fingerprint density at radius 3 is 2.12 bits per heavy atom. The third-order valence-corrected chi connectivity index (χ3v) is 2.46. The number of ether oxygens (including phenoxy) is 1. The Bertz CT molecular complexity index is 343. The van der Waals surface area contributed by atoms with Crippen LogP contribution in [0, 0.1) is 13.8 Å². The summed E-state index contributed by atoms with van der Waals surface area (Å²) in [4.78, 5) is 0. The zero-order valence-corrected chi connectivity index (χ0v) is 11.6. The molecule has 2 heteroatoms. The summed E-state index contributed by atoms with van der Waals surface area (Å²) < 4.78 is 5.57. The van der Waals surface area contributed by atoms with Crippen LogP contribution in [0.2, 0.25) is 0 Å². The van der Waals surface area contributed by atoms with Gasteiger partial charge in [0.2, 0.25) is 0 Å². The minimum Gasteiger partial charge on any atom is -0.390 e. The van der Waals surface area contributed by atoms with Crippen LogP contribution in [0.3, 0.4) is 0 Å². The average molecular weight is 236 g/mol. The van der Waals surface area contributed by atoms with Crippen LogP contribution in [0.1, 0.15) is 37.5 Å². The SMILES string of the molecule is Cc1cc(C)cc(CC(O)COC(C)(C)C)c1. The maximum atomic E-state index is 9.92. The molecule has 0 aliphatic heterocycles. The van der Waals surface area contributed by atoms with Gasteiger partial charge in [-0.1, -0.05) is 29.3 Å². The fraction of sp³-hybridized carbons (Fsp3) is 0.600. The molecule has 1 rings (SSSR count). The van der Waals surface area contributed by atoms with Crippen molar-refractivity contribution >= 4 is 0 Å². The van der Waals surface area contributed by atoms with Gasteiger partial charge in [0.1, 0.15) is 0 Å². The predicted molar refractivity (Wildman–Crippen MR) is 71.3 cm³/mol. The van der Waals surface area contributed by atoms with Gasteiger partial charge in [-0.2, -0.15) is 0 Å². The Hall–Kier alpha value is -0.860. The van der Waals surface area contributed by atoms with Gasteiger partial charge in [0, 0.05) is 6.42 Å². The number of aliphatic hydroxyl groups excluding tert-OH is 1. The second-order valence-electron chi connectivity index (χ2n) is 5.78. The topological polar surface area (TPSA) is 29.5 Å². The molecule has 0 bridgehead atoms. The third-order valence-electron chi connectivity index (χ3n) is 2.46. The van der Waals surface area contributed by atoms with Gasteiger partial charge in [-0.15, -0.1) is 0 Å². The van der Waals surface area contributed by atoms with Gasteiger partial charge in [0.25, 0.3) is 0 Å². The molecule has 1 atom stereocenters. The molecule has 1 unspecified atom stereocenters. The van der Waals surface area contributed by atoms with E-state index >= 15 is 0 Å². The van der Waals surface area contributed by atoms with Crippen molar-refractivity contribution in [3.8, 4) is 0 Å². The molecule has 2 nitrogen and oxygen atoms in total. The van der Waals surface area contributed by atoms with E-state index < -0.39 is 6.10 Å². The molecule has 0 heterocycles. The summed E-state index contributed by atoms with van der Waals surface area (Å²) in [6.45, 7) is 10.5. The zero-order chi connectivity index (χ0) is 13.1. The lowest BCUT2D eigenvalue weighted by Gasteiger charge is -2.22. The van der Waals surface area contributed by atoms with Crippen LogP contribution in [0.15, 0.2) is 18.2 Å². The molecule has 96 valence electrons. The van der Waals surface area contributed by atoms with E-state index in [0.29, 0.717) is 13.0 Å². The Labute approximate surface area is 105 Å². The second-order valence-corrected chi connectivity index (χ2v) is 5.78. The van der Waals surface area contributed by atoms with Crippen LogP contribution < -0.4 is 0 Å². The molecule has 1 aromatic carbocycles. The smallest absolute Gasteiger partial charge is 0.0814 e. The summed E-state index contributed by atoms with van der Waals surface area (Å²) in [5, 5.41) is 9.92. The fourth-order valence-electron chi connectivity index (χ4n) is 1.86. The number of benzene rings is 1. The first-order chi connectivity index (χ1) is 7.76. The molecule has 17 heavy (non-hydrogen) atoms. The maximum Gasteiger partial charge on any atom is 0.0814 e. The summed E-state index contributed by atoms with van der Waals surface area (Å²) in [6.07, 6.45) is 0.217. The molecule has 0 aliphatic carbocycles. The Kier molecular flexibility index (Phi) is 4.72. The molecule has 0 aromatic heterocycles. The van der Waals surface area contributed by atoms with E-state index in [0.717, 1.165) is 0 Å². The van der Waals surface area contributed by atoms with E-state index in [1.807, 2.05) is 20.8 Å². The fourth-order valence-corrected chi connectivity index (χ4v) is 1.86. The lowest BCUT2D eigenvalue weighted by atomic mass is 10.0. The van der Waals surface area contributed by atoms with Gasteiger partial charge in [0.05, 0.1) is 18.3 Å². The highest BCUT2D eigenvalue weighted by molar-refractivity contribution is 5.28. The Morgan fingerprint density at radius 2 is 1.65 bits per heavy atom. The number of aliphatic hydroxyl groups is 1. The highest BCUT2D eigenvalue weighted by Gasteiger charge is 2.14. The summed E-state index contributed by atoms with van der Waals surface area (Å²) >= 11 is 0. The summed E-state index contributed by atoms with van der Waals surface area (Å²) in [7, 11) is 0. The van der Waals surface area contributed by atoms with E-state index in [1.54, 1.807) is 0 Å². The van der Waals surface area contributed by atoms with Crippen molar-refractivity contribution in [2.24, 2.45) is 0 Å². The molecule has 1 aromatic rings. The van der Waals surface area contributed by atoms with Gasteiger partial charge >= 0.3 is 0 Å². The van der Waals surface area contributed by atoms with Gasteiger partial charge in [-0.3, -0.25) is 0 Å². The van der Waals surface area contributed by atoms with Gasteiger partial charge in [0.15, 0.2) is 0 Å². The van der Waals surface area contributed by atoms with Crippen LogP contribution in [0.5, 0.6) is 0 Å². The minimum atomic E-state index is -0.435. The standard InChI is InChI=1S/C15H24O2/c1-11-6-12(2)8-13(7-11)9-14(16)10-17-15(3,4)5/h6-8,14,16H,9-10H2,1-5H3. The molecular weight excluding hydrogens is 212 g/mol. The Balaban J connectivity index is 2.53. The first-order valence-electron chi connectivity index (χ1n) is 6.15. The Morgan fingerprint density at radius 1 is 1.12 bits per heavy atom.